The van der Waals surface area contributed by atoms with E-state index in [4.69, 9.17) is 4.98 Å². The smallest absolute Gasteiger partial charge is 0.252 e. The Morgan fingerprint density at radius 3 is 1.38 bits per heavy atom. The van der Waals surface area contributed by atoms with E-state index in [2.05, 4.69) is 170 Å². The summed E-state index contributed by atoms with van der Waals surface area (Å²) < 4.78 is 5.22. The van der Waals surface area contributed by atoms with Crippen molar-refractivity contribution in [2.45, 2.75) is 105 Å². The molecule has 0 unspecified atom stereocenters. The fourth-order valence-corrected chi connectivity index (χ4v) is 9.87. The third kappa shape index (κ3) is 4.71. The third-order valence-electron chi connectivity index (χ3n) is 12.6. The Labute approximate surface area is 325 Å². The van der Waals surface area contributed by atoms with Gasteiger partial charge in [-0.1, -0.05) is 119 Å². The van der Waals surface area contributed by atoms with Crippen molar-refractivity contribution in [1.82, 2.24) is 19.1 Å². The minimum Gasteiger partial charge on any atom is -0.310 e. The maximum Gasteiger partial charge on any atom is 0.252 e. The number of hydrogen-bond acceptors (Lipinski definition) is 2. The van der Waals surface area contributed by atoms with Crippen molar-refractivity contribution in [3.63, 3.8) is 0 Å². The summed E-state index contributed by atoms with van der Waals surface area (Å²) in [6, 6.07) is 31.2. The molecule has 5 aromatic carbocycles. The molecule has 2 aliphatic rings. The molecule has 0 saturated heterocycles. The average molecular weight is 719 g/mol. The normalized spacial score (nSPS) is 14.1. The zero-order valence-corrected chi connectivity index (χ0v) is 34.5. The van der Waals surface area contributed by atoms with E-state index in [1.54, 1.807) is 6.33 Å². The molecule has 0 N–H and O–H groups in total. The molecule has 0 bridgehead atoms. The summed E-state index contributed by atoms with van der Waals surface area (Å²) in [4.78, 5) is 9.15. The summed E-state index contributed by atoms with van der Waals surface area (Å²) in [6.07, 6.45) is 3.54. The summed E-state index contributed by atoms with van der Waals surface area (Å²) in [5.74, 6) is 0. The van der Waals surface area contributed by atoms with Crippen LogP contribution in [0.25, 0.3) is 66.2 Å². The topological polar surface area (TPSA) is 35.6 Å². The molecule has 5 heterocycles. The molecule has 0 amide bonds. The number of nitrogens with zero attached hydrogens (tertiary/aromatic N) is 4. The standard InChI is InChI=1S/C50H51BN4/c1-47(2,3)29-13-19-38-31(25-29)42-33(49(7,8)9)15-17-35-45(42)54(38)40-23-28(37-21-22-52-27-53-37)24-41-44(40)51(35)36-18-16-34(50(10,11)12)43-32-26-30(48(4,5)6)14-20-39(32)55(41)46(36)43/h13-27H,1-12H3. The second kappa shape index (κ2) is 10.8. The molecule has 0 spiro atoms. The average Bonchev–Trinajstić information content (AvgIpc) is 3.64. The number of benzene rings is 5. The Bertz CT molecular complexity index is 2770. The highest BCUT2D eigenvalue weighted by Gasteiger charge is 2.43. The maximum absolute atomic E-state index is 4.84. The molecule has 0 radical (unpaired) electrons. The second-order valence-corrected chi connectivity index (χ2v) is 20.4. The van der Waals surface area contributed by atoms with Crippen LogP contribution in [0.3, 0.4) is 0 Å². The second-order valence-electron chi connectivity index (χ2n) is 20.4. The fraction of sp³-hybridized carbons (Fsp3) is 0.320. The van der Waals surface area contributed by atoms with Crippen LogP contribution in [0.15, 0.2) is 91.4 Å². The van der Waals surface area contributed by atoms with Crippen LogP contribution in [0.1, 0.15) is 105 Å². The van der Waals surface area contributed by atoms with Crippen LogP contribution in [0, 0.1) is 0 Å². The number of hydrogen-bond donors (Lipinski definition) is 0. The molecule has 8 aromatic rings. The quantitative estimate of drug-likeness (QED) is 0.158. The van der Waals surface area contributed by atoms with Crippen LogP contribution < -0.4 is 16.4 Å². The van der Waals surface area contributed by atoms with Gasteiger partial charge in [-0.15, -0.1) is 0 Å². The van der Waals surface area contributed by atoms with Gasteiger partial charge in [0.05, 0.1) is 16.7 Å². The Hall–Kier alpha value is -5.16. The first-order valence-electron chi connectivity index (χ1n) is 20.0. The molecule has 4 nitrogen and oxygen atoms in total. The first-order valence-corrected chi connectivity index (χ1v) is 20.0. The number of fused-ring (bicyclic) bond motifs is 10. The monoisotopic (exact) mass is 718 g/mol. The van der Waals surface area contributed by atoms with Crippen LogP contribution >= 0.6 is 0 Å². The lowest BCUT2D eigenvalue weighted by Crippen LogP contribution is -2.59. The molecule has 0 atom stereocenters. The van der Waals surface area contributed by atoms with Crippen LogP contribution in [0.2, 0.25) is 0 Å². The van der Waals surface area contributed by atoms with E-state index in [0.717, 1.165) is 11.3 Å². The molecule has 3 aromatic heterocycles. The van der Waals surface area contributed by atoms with Crippen molar-refractivity contribution in [2.75, 3.05) is 0 Å². The van der Waals surface area contributed by atoms with E-state index in [1.807, 2.05) is 12.3 Å². The van der Waals surface area contributed by atoms with Crippen molar-refractivity contribution in [3.05, 3.63) is 114 Å². The summed E-state index contributed by atoms with van der Waals surface area (Å²) in [6.45, 7) is 28.2. The van der Waals surface area contributed by atoms with Crippen LogP contribution in [-0.4, -0.2) is 25.8 Å². The molecule has 274 valence electrons. The number of aromatic nitrogens is 4. The van der Waals surface area contributed by atoms with E-state index in [9.17, 15) is 0 Å². The van der Waals surface area contributed by atoms with Crippen LogP contribution in [0.4, 0.5) is 0 Å². The van der Waals surface area contributed by atoms with Crippen LogP contribution in [-0.2, 0) is 21.7 Å². The van der Waals surface area contributed by atoms with Gasteiger partial charge in [0, 0.05) is 55.7 Å². The van der Waals surface area contributed by atoms with Gasteiger partial charge in [0.15, 0.2) is 0 Å². The maximum atomic E-state index is 4.84. The molecule has 55 heavy (non-hydrogen) atoms. The van der Waals surface area contributed by atoms with Gasteiger partial charge in [-0.3, -0.25) is 0 Å². The lowest BCUT2D eigenvalue weighted by atomic mass is 9.34. The molecule has 0 fully saturated rings. The van der Waals surface area contributed by atoms with Crippen molar-refractivity contribution in [2.24, 2.45) is 0 Å². The summed E-state index contributed by atoms with van der Waals surface area (Å²) in [7, 11) is 0. The molecular weight excluding hydrogens is 667 g/mol. The molecular formula is C50H51BN4. The predicted octanol–water partition coefficient (Wildman–Crippen LogP) is 10.7. The Morgan fingerprint density at radius 1 is 0.509 bits per heavy atom. The van der Waals surface area contributed by atoms with Gasteiger partial charge in [-0.05, 0) is 103 Å². The fourth-order valence-electron chi connectivity index (χ4n) is 9.87. The summed E-state index contributed by atoms with van der Waals surface area (Å²) >= 11 is 0. The van der Waals surface area contributed by atoms with E-state index < -0.39 is 0 Å². The molecule has 0 saturated carbocycles. The van der Waals surface area contributed by atoms with Gasteiger partial charge in [-0.25, -0.2) is 9.97 Å². The minimum absolute atomic E-state index is 0.0247. The van der Waals surface area contributed by atoms with Crippen molar-refractivity contribution in [3.8, 4) is 22.6 Å². The van der Waals surface area contributed by atoms with Gasteiger partial charge >= 0.3 is 0 Å². The molecule has 10 rings (SSSR count). The lowest BCUT2D eigenvalue weighted by Gasteiger charge is -2.35. The summed E-state index contributed by atoms with van der Waals surface area (Å²) in [5.41, 5.74) is 19.3. The highest BCUT2D eigenvalue weighted by atomic mass is 15.0. The van der Waals surface area contributed by atoms with E-state index in [-0.39, 0.29) is 28.4 Å². The van der Waals surface area contributed by atoms with Gasteiger partial charge < -0.3 is 9.13 Å². The minimum atomic E-state index is -0.0466. The van der Waals surface area contributed by atoms with Crippen molar-refractivity contribution in [1.29, 1.82) is 0 Å². The molecule has 0 aliphatic carbocycles. The van der Waals surface area contributed by atoms with Gasteiger partial charge in [0.25, 0.3) is 6.71 Å². The first-order chi connectivity index (χ1) is 25.8. The molecule has 5 heteroatoms. The Balaban J connectivity index is 1.45. The van der Waals surface area contributed by atoms with E-state index >= 15 is 0 Å². The molecule has 2 aliphatic heterocycles. The van der Waals surface area contributed by atoms with Crippen LogP contribution in [0.5, 0.6) is 0 Å². The zero-order valence-electron chi connectivity index (χ0n) is 34.5. The third-order valence-corrected chi connectivity index (χ3v) is 12.6. The summed E-state index contributed by atoms with van der Waals surface area (Å²) in [5, 5.41) is 5.44. The van der Waals surface area contributed by atoms with Crippen molar-refractivity contribution < 1.29 is 0 Å². The number of rotatable bonds is 1. The SMILES string of the molecule is CC(C)(C)c1ccc2c(c1)c1c(C(C)(C)C)ccc3c1n2-c1cc(-c2ccncn2)cc2c1B3c1ccc(C(C)(C)C)c3c4cc(C(C)(C)C)ccc4n-2c13. The lowest BCUT2D eigenvalue weighted by molar-refractivity contribution is 0.590. The Kier molecular flexibility index (Phi) is 6.73. The highest BCUT2D eigenvalue weighted by molar-refractivity contribution is 7.00. The van der Waals surface area contributed by atoms with Gasteiger partial charge in [0.1, 0.15) is 6.33 Å². The largest absolute Gasteiger partial charge is 0.310 e. The first kappa shape index (κ1) is 34.3. The van der Waals surface area contributed by atoms with Gasteiger partial charge in [0.2, 0.25) is 0 Å². The van der Waals surface area contributed by atoms with E-state index in [0.29, 0.717) is 0 Å². The zero-order chi connectivity index (χ0) is 38.7. The predicted molar refractivity (Wildman–Crippen MR) is 236 cm³/mol. The van der Waals surface area contributed by atoms with Gasteiger partial charge in [-0.2, -0.15) is 0 Å². The van der Waals surface area contributed by atoms with E-state index in [1.165, 1.54) is 93.6 Å². The highest BCUT2D eigenvalue weighted by Crippen LogP contribution is 2.46. The Morgan fingerprint density at radius 2 is 0.982 bits per heavy atom. The van der Waals surface area contributed by atoms with Crippen molar-refractivity contribution >= 4 is 66.7 Å².